The van der Waals surface area contributed by atoms with Crippen LogP contribution in [0.2, 0.25) is 0 Å². The second-order valence-electron chi connectivity index (χ2n) is 3.21. The minimum atomic E-state index is -5.35. The average Bonchev–Trinajstić information content (AvgIpc) is 2.38. The van der Waals surface area contributed by atoms with Gasteiger partial charge in [-0.05, 0) is 12.8 Å². The summed E-state index contributed by atoms with van der Waals surface area (Å²) in [6.07, 6.45) is -3.76. The van der Waals surface area contributed by atoms with Gasteiger partial charge in [-0.15, -0.1) is 4.28 Å². The molecule has 2 fully saturated rings. The number of amides is 3. The van der Waals surface area contributed by atoms with Gasteiger partial charge in [0.25, 0.3) is 0 Å². The highest BCUT2D eigenvalue weighted by Gasteiger charge is 2.48. The van der Waals surface area contributed by atoms with Gasteiger partial charge in [-0.2, -0.15) is 13.5 Å². The maximum atomic E-state index is 12.1. The first kappa shape index (κ1) is 7.13. The van der Waals surface area contributed by atoms with E-state index in [2.05, 4.69) is 4.28 Å². The van der Waals surface area contributed by atoms with E-state index in [1.807, 2.05) is 0 Å². The van der Waals surface area contributed by atoms with E-state index in [9.17, 15) is 18.0 Å². The summed E-state index contributed by atoms with van der Waals surface area (Å²) in [6, 6.07) is -6.58. The lowest BCUT2D eigenvalue weighted by atomic mass is 10.0. The van der Waals surface area contributed by atoms with E-state index >= 15 is 0 Å². The Labute approximate surface area is 104 Å². The van der Waals surface area contributed by atoms with Gasteiger partial charge in [0.2, 0.25) is 5.91 Å². The molecule has 0 saturated carbocycles. The van der Waals surface area contributed by atoms with Crippen LogP contribution in [0.4, 0.5) is 4.79 Å². The second kappa shape index (κ2) is 3.82. The van der Waals surface area contributed by atoms with Crippen molar-refractivity contribution in [3.05, 3.63) is 0 Å². The Morgan fingerprint density at radius 1 is 1.71 bits per heavy atom. The van der Waals surface area contributed by atoms with Crippen LogP contribution in [0.5, 0.6) is 0 Å². The molecule has 0 radical (unpaired) electrons. The van der Waals surface area contributed by atoms with E-state index in [-0.39, 0.29) is 4.90 Å². The summed E-state index contributed by atoms with van der Waals surface area (Å²) < 4.78 is 73.2. The summed E-state index contributed by atoms with van der Waals surface area (Å²) in [5, 5.41) is -0.439. The molecule has 0 spiro atoms. The number of piperidine rings is 1. The third-order valence-electron chi connectivity index (χ3n) is 2.08. The second-order valence-corrected chi connectivity index (χ2v) is 4.21. The van der Waals surface area contributed by atoms with Gasteiger partial charge in [0.1, 0.15) is 6.04 Å². The van der Waals surface area contributed by atoms with E-state index in [0.29, 0.717) is 0 Å². The Balaban J connectivity index is 2.68. The molecule has 0 aliphatic carbocycles. The number of carbonyl (C=O) groups is 2. The molecule has 17 heavy (non-hydrogen) atoms. The van der Waals surface area contributed by atoms with Crippen LogP contribution in [0.3, 0.4) is 0 Å². The van der Waals surface area contributed by atoms with Crippen molar-refractivity contribution in [1.29, 1.82) is 0 Å². The summed E-state index contributed by atoms with van der Waals surface area (Å²) >= 11 is 0. The maximum absolute atomic E-state index is 12.1. The largest absolute Gasteiger partial charge is 0.418 e. The number of hydrogen-bond acceptors (Lipinski definition) is 5. The minimum Gasteiger partial charge on any atom is -0.368 e. The number of rotatable bonds is 3. The molecular weight excluding hydrogens is 254 g/mol. The Bertz CT molecular complexity index is 655. The standard InChI is InChI=1S/C7H11N3O6S/c8-6(11)5-2-1-4-3-9(5)7(12)10(4)16-17(13,14)15/h4-5H,1-3H2,(H2,8,11)(H,13,14,15)/t4-,5+/m1/s1/i1D2,3D2,4D. The predicted molar refractivity (Wildman–Crippen MR) is 52.6 cm³/mol. The summed E-state index contributed by atoms with van der Waals surface area (Å²) in [5.41, 5.74) is 5.02. The molecule has 2 saturated heterocycles. The molecular formula is C7H11N3O6S. The number of hydrogen-bond donors (Lipinski definition) is 2. The lowest BCUT2D eigenvalue weighted by molar-refractivity contribution is -0.122. The summed E-state index contributed by atoms with van der Waals surface area (Å²) in [7, 11) is -5.35. The van der Waals surface area contributed by atoms with E-state index in [1.165, 1.54) is 0 Å². The van der Waals surface area contributed by atoms with Crippen molar-refractivity contribution < 1.29 is 33.7 Å². The Kier molecular flexibility index (Phi) is 1.60. The molecule has 0 unspecified atom stereocenters. The highest BCUT2D eigenvalue weighted by Crippen LogP contribution is 2.30. The number of hydroxylamine groups is 2. The SMILES string of the molecule is [2H]C1([2H])C[C@@H](C(N)=O)N2C(=O)N(OS(=O)(=O)O)[C@@]1([2H])C2([2H])[2H]. The molecule has 3 N–H and O–H groups in total. The summed E-state index contributed by atoms with van der Waals surface area (Å²) in [6.45, 7) is -3.16. The van der Waals surface area contributed by atoms with Crippen molar-refractivity contribution in [3.63, 3.8) is 0 Å². The van der Waals surface area contributed by atoms with E-state index < -0.39 is 58.8 Å². The molecule has 3 amide bonds. The molecule has 2 aliphatic heterocycles. The van der Waals surface area contributed by atoms with Gasteiger partial charge in [0.15, 0.2) is 0 Å². The van der Waals surface area contributed by atoms with Crippen molar-refractivity contribution in [3.8, 4) is 0 Å². The van der Waals surface area contributed by atoms with Crippen molar-refractivity contribution in [2.45, 2.75) is 24.9 Å². The van der Waals surface area contributed by atoms with Gasteiger partial charge in [-0.3, -0.25) is 9.35 Å². The molecule has 2 atom stereocenters. The Morgan fingerprint density at radius 2 is 2.35 bits per heavy atom. The predicted octanol–water partition coefficient (Wildman–Crippen LogP) is -1.53. The third-order valence-corrected chi connectivity index (χ3v) is 2.42. The molecule has 10 heteroatoms. The van der Waals surface area contributed by atoms with Crippen LogP contribution in [0.15, 0.2) is 0 Å². The lowest BCUT2D eigenvalue weighted by Crippen LogP contribution is -2.47. The number of nitrogens with two attached hydrogens (primary N) is 1. The smallest absolute Gasteiger partial charge is 0.368 e. The normalized spacial score (nSPS) is 43.2. The molecule has 0 aromatic rings. The summed E-state index contributed by atoms with van der Waals surface area (Å²) in [4.78, 5) is 23.6. The van der Waals surface area contributed by atoms with Crippen LogP contribution in [0, 0.1) is 0 Å². The zero-order valence-electron chi connectivity index (χ0n) is 13.2. The molecule has 96 valence electrons. The quantitative estimate of drug-likeness (QED) is 0.598. The highest BCUT2D eigenvalue weighted by atomic mass is 32.3. The molecule has 2 heterocycles. The molecule has 2 rings (SSSR count). The third kappa shape index (κ3) is 2.18. The van der Waals surface area contributed by atoms with Gasteiger partial charge in [-0.25, -0.2) is 4.79 Å². The van der Waals surface area contributed by atoms with E-state index in [1.54, 1.807) is 0 Å². The maximum Gasteiger partial charge on any atom is 0.418 e. The van der Waals surface area contributed by atoms with Gasteiger partial charge < -0.3 is 10.6 Å². The van der Waals surface area contributed by atoms with Crippen LogP contribution in [-0.4, -0.2) is 53.4 Å². The fraction of sp³-hybridized carbons (Fsp3) is 0.714. The fourth-order valence-electron chi connectivity index (χ4n) is 1.40. The number of primary amides is 1. The average molecular weight is 270 g/mol. The first-order valence-electron chi connectivity index (χ1n) is 6.77. The highest BCUT2D eigenvalue weighted by molar-refractivity contribution is 7.80. The number of urea groups is 1. The van der Waals surface area contributed by atoms with Crippen LogP contribution < -0.4 is 5.73 Å². The van der Waals surface area contributed by atoms with Crippen LogP contribution in [0.1, 0.15) is 19.6 Å². The molecule has 2 bridgehead atoms. The van der Waals surface area contributed by atoms with Gasteiger partial charge >= 0.3 is 16.4 Å². The lowest BCUT2D eigenvalue weighted by Gasteiger charge is -2.27. The summed E-state index contributed by atoms with van der Waals surface area (Å²) in [5.74, 6) is -1.24. The molecule has 9 nitrogen and oxygen atoms in total. The zero-order valence-corrected chi connectivity index (χ0v) is 8.97. The first-order chi connectivity index (χ1) is 9.67. The number of fused-ring (bicyclic) bond motifs is 2. The Morgan fingerprint density at radius 3 is 2.88 bits per heavy atom. The van der Waals surface area contributed by atoms with Crippen LogP contribution in [-0.2, 0) is 19.5 Å². The minimum absolute atomic E-state index is 0.134. The van der Waals surface area contributed by atoms with Crippen molar-refractivity contribution in [1.82, 2.24) is 9.96 Å². The van der Waals surface area contributed by atoms with Crippen LogP contribution in [0.25, 0.3) is 0 Å². The number of carbonyl (C=O) groups excluding carboxylic acids is 2. The van der Waals surface area contributed by atoms with E-state index in [4.69, 9.17) is 17.1 Å². The van der Waals surface area contributed by atoms with Crippen LogP contribution >= 0.6 is 0 Å². The molecule has 0 aromatic carbocycles. The topological polar surface area (TPSA) is 130 Å². The first-order valence-corrected chi connectivity index (χ1v) is 5.63. The van der Waals surface area contributed by atoms with Crippen molar-refractivity contribution in [2.24, 2.45) is 5.73 Å². The fourth-order valence-corrected chi connectivity index (χ4v) is 1.73. The van der Waals surface area contributed by atoms with Gasteiger partial charge in [0, 0.05) is 9.24 Å². The molecule has 2 aliphatic rings. The monoisotopic (exact) mass is 270 g/mol. The van der Waals surface area contributed by atoms with Crippen molar-refractivity contribution in [2.75, 3.05) is 6.50 Å². The van der Waals surface area contributed by atoms with Crippen molar-refractivity contribution >= 4 is 22.3 Å². The van der Waals surface area contributed by atoms with Gasteiger partial charge in [-0.1, -0.05) is 0 Å². The molecule has 0 aromatic heterocycles. The zero-order chi connectivity index (χ0) is 17.3. The van der Waals surface area contributed by atoms with Gasteiger partial charge in [0.05, 0.1) is 10.1 Å². The number of nitrogens with zero attached hydrogens (tertiary/aromatic N) is 2. The Hall–Kier alpha value is -1.39. The van der Waals surface area contributed by atoms with E-state index in [0.717, 1.165) is 0 Å².